The van der Waals surface area contributed by atoms with E-state index in [-0.39, 0.29) is 5.03 Å². The highest BCUT2D eigenvalue weighted by atomic mass is 32.2. The van der Waals surface area contributed by atoms with Crippen LogP contribution in [0.15, 0.2) is 17.6 Å². The van der Waals surface area contributed by atoms with Gasteiger partial charge in [0.15, 0.2) is 5.82 Å². The van der Waals surface area contributed by atoms with Crippen molar-refractivity contribution in [3.63, 3.8) is 0 Å². The highest BCUT2D eigenvalue weighted by Gasteiger charge is 2.01. The molecule has 5 heteroatoms. The molecule has 0 atom stereocenters. The largest absolute Gasteiger partial charge is 0.242 e. The summed E-state index contributed by atoms with van der Waals surface area (Å²) < 4.78 is 12.5. The van der Waals surface area contributed by atoms with Crippen molar-refractivity contribution in [3.05, 3.63) is 18.3 Å². The number of rotatable bonds is 1. The maximum atomic E-state index is 12.5. The third kappa shape index (κ3) is 1.42. The third-order valence-electron chi connectivity index (χ3n) is 0.776. The second kappa shape index (κ2) is 3.13. The van der Waals surface area contributed by atoms with Crippen LogP contribution in [0, 0.1) is 16.5 Å². The fraction of sp³-hybridized carbons (Fsp3) is 0. The van der Waals surface area contributed by atoms with Crippen molar-refractivity contribution in [2.45, 2.75) is 5.03 Å². The summed E-state index contributed by atoms with van der Waals surface area (Å²) >= 11 is 0.681. The maximum Gasteiger partial charge on any atom is 0.174 e. The molecule has 0 bridgehead atoms. The Morgan fingerprint density at radius 2 is 2.50 bits per heavy atom. The standard InChI is InChI=1S/C5H2FN3S/c6-4-1-8-3-9-5(4)10-2-7/h1,3H. The molecule has 0 radical (unpaired) electrons. The lowest BCUT2D eigenvalue weighted by atomic mass is 10.6. The van der Waals surface area contributed by atoms with E-state index in [2.05, 4.69) is 9.97 Å². The molecule has 10 heavy (non-hydrogen) atoms. The normalized spacial score (nSPS) is 8.80. The second-order valence-electron chi connectivity index (χ2n) is 1.37. The minimum Gasteiger partial charge on any atom is -0.242 e. The van der Waals surface area contributed by atoms with E-state index in [9.17, 15) is 4.39 Å². The van der Waals surface area contributed by atoms with Gasteiger partial charge in [-0.15, -0.1) is 0 Å². The highest BCUT2D eigenvalue weighted by Crippen LogP contribution is 2.14. The monoisotopic (exact) mass is 155 g/mol. The molecule has 50 valence electrons. The summed E-state index contributed by atoms with van der Waals surface area (Å²) in [4.78, 5) is 6.94. The smallest absolute Gasteiger partial charge is 0.174 e. The van der Waals surface area contributed by atoms with E-state index in [1.54, 1.807) is 5.40 Å². The molecule has 0 saturated heterocycles. The zero-order valence-corrected chi connectivity index (χ0v) is 5.60. The van der Waals surface area contributed by atoms with Gasteiger partial charge in [-0.25, -0.2) is 14.4 Å². The van der Waals surface area contributed by atoms with Crippen LogP contribution in [0.4, 0.5) is 4.39 Å². The van der Waals surface area contributed by atoms with Crippen LogP contribution in [0.5, 0.6) is 0 Å². The lowest BCUT2D eigenvalue weighted by molar-refractivity contribution is 0.579. The van der Waals surface area contributed by atoms with Crippen molar-refractivity contribution in [3.8, 4) is 5.40 Å². The molecule has 0 amide bonds. The topological polar surface area (TPSA) is 49.6 Å². The first-order chi connectivity index (χ1) is 4.84. The number of aromatic nitrogens is 2. The minimum absolute atomic E-state index is 0.0671. The first-order valence-corrected chi connectivity index (χ1v) is 3.17. The zero-order chi connectivity index (χ0) is 7.40. The molecule has 0 aliphatic heterocycles. The molecular formula is C5H2FN3S. The first kappa shape index (κ1) is 6.96. The number of hydrogen-bond donors (Lipinski definition) is 0. The molecule has 0 fully saturated rings. The van der Waals surface area contributed by atoms with Crippen molar-refractivity contribution < 1.29 is 4.39 Å². The molecule has 0 aliphatic rings. The van der Waals surface area contributed by atoms with Crippen LogP contribution in [-0.4, -0.2) is 9.97 Å². The maximum absolute atomic E-state index is 12.5. The Hall–Kier alpha value is -1.15. The van der Waals surface area contributed by atoms with E-state index in [0.29, 0.717) is 11.8 Å². The van der Waals surface area contributed by atoms with E-state index >= 15 is 0 Å². The highest BCUT2D eigenvalue weighted by molar-refractivity contribution is 8.03. The predicted molar refractivity (Wildman–Crippen MR) is 33.5 cm³/mol. The Morgan fingerprint density at radius 1 is 1.70 bits per heavy atom. The zero-order valence-electron chi connectivity index (χ0n) is 4.78. The molecule has 1 heterocycles. The Balaban J connectivity index is 2.94. The van der Waals surface area contributed by atoms with Crippen LogP contribution in [-0.2, 0) is 0 Å². The molecule has 0 aromatic carbocycles. The molecule has 0 saturated carbocycles. The number of thiocyanates is 1. The van der Waals surface area contributed by atoms with Gasteiger partial charge < -0.3 is 0 Å². The Kier molecular flexibility index (Phi) is 2.18. The number of hydrogen-bond acceptors (Lipinski definition) is 4. The Morgan fingerprint density at radius 3 is 3.10 bits per heavy atom. The lowest BCUT2D eigenvalue weighted by Crippen LogP contribution is -1.85. The van der Waals surface area contributed by atoms with Gasteiger partial charge in [-0.2, -0.15) is 5.26 Å². The van der Waals surface area contributed by atoms with E-state index in [0.717, 1.165) is 6.20 Å². The summed E-state index contributed by atoms with van der Waals surface area (Å²) in [6.45, 7) is 0. The van der Waals surface area contributed by atoms with Gasteiger partial charge in [-0.05, 0) is 0 Å². The van der Waals surface area contributed by atoms with Crippen molar-refractivity contribution in [1.29, 1.82) is 5.26 Å². The molecule has 0 unspecified atom stereocenters. The summed E-state index contributed by atoms with van der Waals surface area (Å²) in [5.41, 5.74) is 0. The molecule has 1 aromatic rings. The molecule has 3 nitrogen and oxygen atoms in total. The SMILES string of the molecule is N#CSc1ncncc1F. The Labute approximate surface area is 60.9 Å². The van der Waals surface area contributed by atoms with Crippen LogP contribution >= 0.6 is 11.8 Å². The number of nitrogens with zero attached hydrogens (tertiary/aromatic N) is 3. The van der Waals surface area contributed by atoms with Gasteiger partial charge in [-0.3, -0.25) is 0 Å². The number of halogens is 1. The summed E-state index contributed by atoms with van der Waals surface area (Å²) in [7, 11) is 0. The summed E-state index contributed by atoms with van der Waals surface area (Å²) in [5, 5.41) is 9.91. The summed E-state index contributed by atoms with van der Waals surface area (Å²) in [6.07, 6.45) is 2.22. The van der Waals surface area contributed by atoms with Gasteiger partial charge in [0, 0.05) is 11.8 Å². The van der Waals surface area contributed by atoms with Gasteiger partial charge >= 0.3 is 0 Å². The number of nitriles is 1. The summed E-state index contributed by atoms with van der Waals surface area (Å²) in [6, 6.07) is 0. The van der Waals surface area contributed by atoms with Gasteiger partial charge in [-0.1, -0.05) is 0 Å². The van der Waals surface area contributed by atoms with E-state index in [1.807, 2.05) is 0 Å². The van der Waals surface area contributed by atoms with Gasteiger partial charge in [0.25, 0.3) is 0 Å². The van der Waals surface area contributed by atoms with Crippen molar-refractivity contribution in [2.75, 3.05) is 0 Å². The molecule has 1 aromatic heterocycles. The fourth-order valence-corrected chi connectivity index (χ4v) is 0.756. The van der Waals surface area contributed by atoms with Gasteiger partial charge in [0.2, 0.25) is 0 Å². The average Bonchev–Trinajstić information content (AvgIpc) is 1.94. The van der Waals surface area contributed by atoms with Crippen LogP contribution in [0.2, 0.25) is 0 Å². The Bertz CT molecular complexity index is 270. The van der Waals surface area contributed by atoms with Crippen LogP contribution in [0.1, 0.15) is 0 Å². The van der Waals surface area contributed by atoms with Crippen molar-refractivity contribution >= 4 is 11.8 Å². The average molecular weight is 155 g/mol. The quantitative estimate of drug-likeness (QED) is 0.347. The predicted octanol–water partition coefficient (Wildman–Crippen LogP) is 1.19. The van der Waals surface area contributed by atoms with Crippen molar-refractivity contribution in [1.82, 2.24) is 9.97 Å². The molecular weight excluding hydrogens is 153 g/mol. The molecule has 0 spiro atoms. The van der Waals surface area contributed by atoms with E-state index in [1.165, 1.54) is 6.33 Å². The van der Waals surface area contributed by atoms with Gasteiger partial charge in [0.05, 0.1) is 6.20 Å². The van der Waals surface area contributed by atoms with Crippen LogP contribution in [0.3, 0.4) is 0 Å². The first-order valence-electron chi connectivity index (χ1n) is 2.36. The van der Waals surface area contributed by atoms with Gasteiger partial charge in [0.1, 0.15) is 16.8 Å². The second-order valence-corrected chi connectivity index (χ2v) is 2.14. The van der Waals surface area contributed by atoms with E-state index in [4.69, 9.17) is 5.26 Å². The van der Waals surface area contributed by atoms with Crippen LogP contribution in [0.25, 0.3) is 0 Å². The van der Waals surface area contributed by atoms with Crippen LogP contribution < -0.4 is 0 Å². The molecule has 1 rings (SSSR count). The fourth-order valence-electron chi connectivity index (χ4n) is 0.420. The minimum atomic E-state index is -0.561. The summed E-state index contributed by atoms with van der Waals surface area (Å²) in [5.74, 6) is -0.561. The molecule has 0 N–H and O–H groups in total. The van der Waals surface area contributed by atoms with Crippen molar-refractivity contribution in [2.24, 2.45) is 0 Å². The third-order valence-corrected chi connectivity index (χ3v) is 1.36. The number of thioether (sulfide) groups is 1. The molecule has 0 aliphatic carbocycles. The van der Waals surface area contributed by atoms with E-state index < -0.39 is 5.82 Å². The lowest BCUT2D eigenvalue weighted by Gasteiger charge is -1.90.